The molecule has 0 amide bonds. The summed E-state index contributed by atoms with van der Waals surface area (Å²) < 4.78 is 5.42. The maximum absolute atomic E-state index is 10.7. The highest BCUT2D eigenvalue weighted by atomic mass is 16.5. The number of rotatable bonds is 6. The van der Waals surface area contributed by atoms with E-state index in [1.165, 1.54) is 6.42 Å². The number of likely N-dealkylation sites (N-methyl/N-ethyl adjacent to an activating group) is 1. The molecule has 1 N–H and O–H groups in total. The molecular formula is C18H27N3O3. The van der Waals surface area contributed by atoms with E-state index in [9.17, 15) is 4.79 Å². The first kappa shape index (κ1) is 17.2. The number of ether oxygens (including phenoxy) is 1. The average molecular weight is 333 g/mol. The molecule has 24 heavy (non-hydrogen) atoms. The second-order valence-corrected chi connectivity index (χ2v) is 6.81. The summed E-state index contributed by atoms with van der Waals surface area (Å²) in [6.07, 6.45) is 1.21. The molecule has 0 spiro atoms. The van der Waals surface area contributed by atoms with Crippen LogP contribution in [0.3, 0.4) is 0 Å². The molecule has 0 aliphatic carbocycles. The number of nitrogens with zero attached hydrogens (tertiary/aromatic N) is 3. The molecule has 0 bridgehead atoms. The van der Waals surface area contributed by atoms with Crippen molar-refractivity contribution in [1.82, 2.24) is 14.7 Å². The minimum absolute atomic E-state index is 0.291. The fourth-order valence-electron chi connectivity index (χ4n) is 3.60. The minimum Gasteiger partial charge on any atom is -0.482 e. The van der Waals surface area contributed by atoms with Crippen molar-refractivity contribution in [2.45, 2.75) is 19.0 Å². The molecule has 1 atom stereocenters. The van der Waals surface area contributed by atoms with E-state index in [4.69, 9.17) is 9.84 Å². The molecule has 2 saturated heterocycles. The van der Waals surface area contributed by atoms with E-state index in [1.54, 1.807) is 0 Å². The van der Waals surface area contributed by atoms with Crippen molar-refractivity contribution >= 4 is 5.97 Å². The van der Waals surface area contributed by atoms with Gasteiger partial charge in [0, 0.05) is 57.4 Å². The van der Waals surface area contributed by atoms with Crippen molar-refractivity contribution in [3.05, 3.63) is 29.8 Å². The van der Waals surface area contributed by atoms with Gasteiger partial charge in [-0.2, -0.15) is 0 Å². The monoisotopic (exact) mass is 333 g/mol. The molecule has 6 heteroatoms. The molecule has 2 fully saturated rings. The molecule has 2 heterocycles. The number of aliphatic carboxylic acids is 1. The molecule has 0 unspecified atom stereocenters. The molecule has 0 aromatic heterocycles. The molecule has 3 rings (SSSR count). The van der Waals surface area contributed by atoms with Gasteiger partial charge in [0.05, 0.1) is 0 Å². The van der Waals surface area contributed by atoms with Crippen molar-refractivity contribution in [1.29, 1.82) is 0 Å². The number of benzene rings is 1. The van der Waals surface area contributed by atoms with Crippen LogP contribution in [0.1, 0.15) is 12.0 Å². The molecule has 1 aromatic carbocycles. The van der Waals surface area contributed by atoms with Crippen molar-refractivity contribution in [2.24, 2.45) is 0 Å². The number of piperazine rings is 1. The third-order valence-electron chi connectivity index (χ3n) is 5.02. The molecule has 2 aliphatic heterocycles. The van der Waals surface area contributed by atoms with Crippen LogP contribution in [0.2, 0.25) is 0 Å². The molecule has 6 nitrogen and oxygen atoms in total. The predicted molar refractivity (Wildman–Crippen MR) is 92.3 cm³/mol. The lowest BCUT2D eigenvalue weighted by Crippen LogP contribution is -2.49. The first-order valence-corrected chi connectivity index (χ1v) is 8.69. The summed E-state index contributed by atoms with van der Waals surface area (Å²) in [6, 6.07) is 8.40. The Morgan fingerprint density at radius 1 is 1.21 bits per heavy atom. The van der Waals surface area contributed by atoms with Gasteiger partial charge >= 0.3 is 5.97 Å². The summed E-state index contributed by atoms with van der Waals surface area (Å²) >= 11 is 0. The van der Waals surface area contributed by atoms with E-state index >= 15 is 0 Å². The van der Waals surface area contributed by atoms with Crippen LogP contribution in [-0.2, 0) is 11.3 Å². The number of likely N-dealkylation sites (tertiary alicyclic amines) is 1. The van der Waals surface area contributed by atoms with Crippen LogP contribution in [-0.4, -0.2) is 84.7 Å². The molecule has 0 saturated carbocycles. The quantitative estimate of drug-likeness (QED) is 0.837. The predicted octanol–water partition coefficient (Wildman–Crippen LogP) is 0.972. The summed E-state index contributed by atoms with van der Waals surface area (Å²) in [5.41, 5.74) is 1.07. The Kier molecular flexibility index (Phi) is 5.71. The number of carbonyl (C=O) groups is 1. The summed E-state index contributed by atoms with van der Waals surface area (Å²) in [5, 5.41) is 8.80. The van der Waals surface area contributed by atoms with Crippen LogP contribution >= 0.6 is 0 Å². The first-order valence-electron chi connectivity index (χ1n) is 8.69. The zero-order valence-electron chi connectivity index (χ0n) is 14.4. The normalized spacial score (nSPS) is 23.5. The lowest BCUT2D eigenvalue weighted by molar-refractivity contribution is -0.139. The third-order valence-corrected chi connectivity index (χ3v) is 5.02. The Morgan fingerprint density at radius 2 is 1.96 bits per heavy atom. The highest BCUT2D eigenvalue weighted by Crippen LogP contribution is 2.24. The summed E-state index contributed by atoms with van der Waals surface area (Å²) in [6.45, 7) is 7.33. The second kappa shape index (κ2) is 7.96. The minimum atomic E-state index is -0.943. The van der Waals surface area contributed by atoms with Gasteiger partial charge in [0.25, 0.3) is 0 Å². The van der Waals surface area contributed by atoms with Gasteiger partial charge in [-0.05, 0) is 19.5 Å². The lowest BCUT2D eigenvalue weighted by atomic mass is 10.2. The van der Waals surface area contributed by atoms with Crippen molar-refractivity contribution in [2.75, 3.05) is 52.9 Å². The number of carboxylic acids is 1. The Balaban J connectivity index is 1.55. The number of carboxylic acid groups (broad SMARTS) is 1. The van der Waals surface area contributed by atoms with Gasteiger partial charge in [-0.3, -0.25) is 9.80 Å². The smallest absolute Gasteiger partial charge is 0.341 e. The summed E-state index contributed by atoms with van der Waals surface area (Å²) in [4.78, 5) is 18.2. The zero-order chi connectivity index (χ0) is 16.9. The van der Waals surface area contributed by atoms with E-state index in [1.807, 2.05) is 24.3 Å². The van der Waals surface area contributed by atoms with Crippen molar-refractivity contribution in [3.8, 4) is 5.75 Å². The van der Waals surface area contributed by atoms with Crippen LogP contribution in [0.25, 0.3) is 0 Å². The highest BCUT2D eigenvalue weighted by molar-refractivity contribution is 5.68. The maximum Gasteiger partial charge on any atom is 0.341 e. The standard InChI is InChI=1S/C18H27N3O3/c1-19-8-10-21(11-9-19)16-6-7-20(13-16)12-15-4-2-3-5-17(15)24-14-18(22)23/h2-5,16H,6-14H2,1H3,(H,22,23)/t16-/m1/s1. The van der Waals surface area contributed by atoms with Gasteiger partial charge in [-0.25, -0.2) is 4.79 Å². The fourth-order valence-corrected chi connectivity index (χ4v) is 3.60. The van der Waals surface area contributed by atoms with E-state index in [2.05, 4.69) is 21.7 Å². The third kappa shape index (κ3) is 4.47. The maximum atomic E-state index is 10.7. The van der Waals surface area contributed by atoms with Gasteiger partial charge in [0.15, 0.2) is 6.61 Å². The van der Waals surface area contributed by atoms with Crippen LogP contribution in [0, 0.1) is 0 Å². The largest absolute Gasteiger partial charge is 0.482 e. The molecule has 2 aliphatic rings. The SMILES string of the molecule is CN1CCN([C@@H]2CCN(Cc3ccccc3OCC(=O)O)C2)CC1. The van der Waals surface area contributed by atoms with E-state index in [0.29, 0.717) is 11.8 Å². The van der Waals surface area contributed by atoms with Gasteiger partial charge in [0.1, 0.15) is 5.75 Å². The fraction of sp³-hybridized carbons (Fsp3) is 0.611. The van der Waals surface area contributed by atoms with Gasteiger partial charge in [-0.15, -0.1) is 0 Å². The Hall–Kier alpha value is -1.63. The Bertz CT molecular complexity index is 558. The lowest BCUT2D eigenvalue weighted by Gasteiger charge is -2.36. The molecule has 1 aromatic rings. The zero-order valence-corrected chi connectivity index (χ0v) is 14.4. The van der Waals surface area contributed by atoms with Crippen molar-refractivity contribution in [3.63, 3.8) is 0 Å². The van der Waals surface area contributed by atoms with E-state index in [-0.39, 0.29) is 6.61 Å². The first-order chi connectivity index (χ1) is 11.6. The van der Waals surface area contributed by atoms with Crippen LogP contribution in [0.5, 0.6) is 5.75 Å². The van der Waals surface area contributed by atoms with Gasteiger partial charge in [-0.1, -0.05) is 18.2 Å². The molecule has 0 radical (unpaired) electrons. The van der Waals surface area contributed by atoms with Crippen LogP contribution < -0.4 is 4.74 Å². The highest BCUT2D eigenvalue weighted by Gasteiger charge is 2.29. The number of hydrogen-bond acceptors (Lipinski definition) is 5. The van der Waals surface area contributed by atoms with Crippen LogP contribution in [0.4, 0.5) is 0 Å². The van der Waals surface area contributed by atoms with Crippen LogP contribution in [0.15, 0.2) is 24.3 Å². The molecule has 132 valence electrons. The number of para-hydroxylation sites is 1. The Labute approximate surface area is 143 Å². The van der Waals surface area contributed by atoms with E-state index < -0.39 is 5.97 Å². The Morgan fingerprint density at radius 3 is 2.71 bits per heavy atom. The topological polar surface area (TPSA) is 56.2 Å². The average Bonchev–Trinajstić information content (AvgIpc) is 3.03. The summed E-state index contributed by atoms with van der Waals surface area (Å²) in [5.74, 6) is -0.260. The van der Waals surface area contributed by atoms with E-state index in [0.717, 1.165) is 51.4 Å². The second-order valence-electron chi connectivity index (χ2n) is 6.81. The van der Waals surface area contributed by atoms with Crippen molar-refractivity contribution < 1.29 is 14.6 Å². The summed E-state index contributed by atoms with van der Waals surface area (Å²) in [7, 11) is 2.19. The van der Waals surface area contributed by atoms with Gasteiger partial charge in [0.2, 0.25) is 0 Å². The molecular weight excluding hydrogens is 306 g/mol. The van der Waals surface area contributed by atoms with Gasteiger partial charge < -0.3 is 14.7 Å². The number of hydrogen-bond donors (Lipinski definition) is 1.